The quantitative estimate of drug-likeness (QED) is 0.686. The molecule has 27 heavy (non-hydrogen) atoms. The number of rotatable bonds is 5. The second-order valence-electron chi connectivity index (χ2n) is 7.29. The summed E-state index contributed by atoms with van der Waals surface area (Å²) in [7, 11) is 0. The van der Waals surface area contributed by atoms with Crippen LogP contribution < -0.4 is 4.90 Å². The molecule has 136 valence electrons. The maximum atomic E-state index is 8.94. The fourth-order valence-electron chi connectivity index (χ4n) is 3.86. The third-order valence-corrected chi connectivity index (χ3v) is 5.46. The molecule has 1 saturated heterocycles. The Balaban J connectivity index is 1.36. The van der Waals surface area contributed by atoms with E-state index in [0.717, 1.165) is 26.1 Å². The van der Waals surface area contributed by atoms with Gasteiger partial charge in [0.1, 0.15) is 0 Å². The summed E-state index contributed by atoms with van der Waals surface area (Å²) in [6, 6.07) is 20.7. The summed E-state index contributed by atoms with van der Waals surface area (Å²) < 4.78 is 2.31. The molecule has 0 atom stereocenters. The van der Waals surface area contributed by atoms with E-state index in [4.69, 9.17) is 5.26 Å². The van der Waals surface area contributed by atoms with E-state index in [1.807, 2.05) is 36.8 Å². The lowest BCUT2D eigenvalue weighted by atomic mass is 9.96. The molecule has 4 heteroatoms. The first kappa shape index (κ1) is 17.4. The van der Waals surface area contributed by atoms with Crippen molar-refractivity contribution in [2.45, 2.75) is 25.8 Å². The van der Waals surface area contributed by atoms with Gasteiger partial charge in [-0.3, -0.25) is 0 Å². The SMILES string of the molecule is N#Cc1ccc(Cc2cncn2CC2CCN(c3ccccc3)CC2)cc1. The minimum Gasteiger partial charge on any atom is -0.372 e. The fraction of sp³-hybridized carbons (Fsp3) is 0.304. The molecule has 1 aromatic heterocycles. The van der Waals surface area contributed by atoms with Crippen LogP contribution in [-0.4, -0.2) is 22.6 Å². The average Bonchev–Trinajstić information content (AvgIpc) is 3.16. The normalized spacial score (nSPS) is 14.9. The molecular formula is C23H24N4. The number of aromatic nitrogens is 2. The minimum atomic E-state index is 0.693. The Morgan fingerprint density at radius 1 is 1.00 bits per heavy atom. The maximum absolute atomic E-state index is 8.94. The van der Waals surface area contributed by atoms with Crippen molar-refractivity contribution in [2.75, 3.05) is 18.0 Å². The summed E-state index contributed by atoms with van der Waals surface area (Å²) in [5, 5.41) is 8.94. The first-order valence-corrected chi connectivity index (χ1v) is 9.60. The highest BCUT2D eigenvalue weighted by molar-refractivity contribution is 5.46. The number of nitriles is 1. The molecule has 4 nitrogen and oxygen atoms in total. The van der Waals surface area contributed by atoms with Crippen LogP contribution in [0.4, 0.5) is 5.69 Å². The second kappa shape index (κ2) is 8.09. The number of para-hydroxylation sites is 1. The number of imidazole rings is 1. The van der Waals surface area contributed by atoms with Crippen molar-refractivity contribution >= 4 is 5.69 Å². The molecule has 4 rings (SSSR count). The predicted molar refractivity (Wildman–Crippen MR) is 108 cm³/mol. The smallest absolute Gasteiger partial charge is 0.0991 e. The molecule has 0 N–H and O–H groups in total. The Morgan fingerprint density at radius 2 is 1.74 bits per heavy atom. The Hall–Kier alpha value is -3.06. The zero-order valence-corrected chi connectivity index (χ0v) is 15.5. The van der Waals surface area contributed by atoms with Gasteiger partial charge in [-0.15, -0.1) is 0 Å². The summed E-state index contributed by atoms with van der Waals surface area (Å²) in [6.07, 6.45) is 7.21. The number of benzene rings is 2. The molecular weight excluding hydrogens is 332 g/mol. The Kier molecular flexibility index (Phi) is 5.20. The van der Waals surface area contributed by atoms with Gasteiger partial charge < -0.3 is 9.47 Å². The molecule has 2 aromatic carbocycles. The van der Waals surface area contributed by atoms with Gasteiger partial charge in [0.15, 0.2) is 0 Å². The second-order valence-corrected chi connectivity index (χ2v) is 7.29. The summed E-state index contributed by atoms with van der Waals surface area (Å²) in [6.45, 7) is 3.27. The van der Waals surface area contributed by atoms with Gasteiger partial charge >= 0.3 is 0 Å². The highest BCUT2D eigenvalue weighted by Gasteiger charge is 2.20. The zero-order valence-electron chi connectivity index (χ0n) is 15.5. The summed E-state index contributed by atoms with van der Waals surface area (Å²) in [5.41, 5.74) is 4.50. The van der Waals surface area contributed by atoms with Crippen LogP contribution in [0.5, 0.6) is 0 Å². The lowest BCUT2D eigenvalue weighted by Crippen LogP contribution is -2.35. The van der Waals surface area contributed by atoms with Gasteiger partial charge in [-0.1, -0.05) is 30.3 Å². The minimum absolute atomic E-state index is 0.693. The van der Waals surface area contributed by atoms with Crippen LogP contribution in [0.25, 0.3) is 0 Å². The molecule has 1 aliphatic rings. The summed E-state index contributed by atoms with van der Waals surface area (Å²) in [5.74, 6) is 0.693. The Bertz CT molecular complexity index is 898. The highest BCUT2D eigenvalue weighted by atomic mass is 15.1. The number of hydrogen-bond acceptors (Lipinski definition) is 3. The molecule has 1 fully saturated rings. The van der Waals surface area contributed by atoms with E-state index in [2.05, 4.69) is 50.9 Å². The molecule has 0 unspecified atom stereocenters. The lowest BCUT2D eigenvalue weighted by Gasteiger charge is -2.34. The van der Waals surface area contributed by atoms with E-state index in [-0.39, 0.29) is 0 Å². The third-order valence-electron chi connectivity index (χ3n) is 5.46. The van der Waals surface area contributed by atoms with Gasteiger partial charge in [0.05, 0.1) is 18.0 Å². The topological polar surface area (TPSA) is 44.9 Å². The average molecular weight is 356 g/mol. The summed E-state index contributed by atoms with van der Waals surface area (Å²) >= 11 is 0. The molecule has 1 aliphatic heterocycles. The molecule has 2 heterocycles. The van der Waals surface area contributed by atoms with Crippen LogP contribution in [0, 0.1) is 17.2 Å². The van der Waals surface area contributed by atoms with Gasteiger partial charge in [0.25, 0.3) is 0 Å². The van der Waals surface area contributed by atoms with E-state index < -0.39 is 0 Å². The van der Waals surface area contributed by atoms with Crippen molar-refractivity contribution in [3.8, 4) is 6.07 Å². The Labute approximate surface area is 160 Å². The molecule has 0 saturated carbocycles. The van der Waals surface area contributed by atoms with Crippen LogP contribution in [-0.2, 0) is 13.0 Å². The molecule has 0 amide bonds. The van der Waals surface area contributed by atoms with Crippen LogP contribution >= 0.6 is 0 Å². The monoisotopic (exact) mass is 356 g/mol. The van der Waals surface area contributed by atoms with E-state index in [0.29, 0.717) is 11.5 Å². The molecule has 0 radical (unpaired) electrons. The third kappa shape index (κ3) is 4.20. The van der Waals surface area contributed by atoms with E-state index >= 15 is 0 Å². The zero-order chi connectivity index (χ0) is 18.5. The van der Waals surface area contributed by atoms with Crippen molar-refractivity contribution in [3.05, 3.63) is 83.9 Å². The number of anilines is 1. The summed E-state index contributed by atoms with van der Waals surface area (Å²) in [4.78, 5) is 6.87. The van der Waals surface area contributed by atoms with Crippen molar-refractivity contribution < 1.29 is 0 Å². The first-order chi connectivity index (χ1) is 13.3. The van der Waals surface area contributed by atoms with Crippen LogP contribution in [0.2, 0.25) is 0 Å². The molecule has 3 aromatic rings. The number of nitrogens with zero attached hydrogens (tertiary/aromatic N) is 4. The maximum Gasteiger partial charge on any atom is 0.0991 e. The van der Waals surface area contributed by atoms with Gasteiger partial charge in [-0.25, -0.2) is 4.98 Å². The first-order valence-electron chi connectivity index (χ1n) is 9.60. The van der Waals surface area contributed by atoms with Crippen LogP contribution in [0.3, 0.4) is 0 Å². The van der Waals surface area contributed by atoms with Gasteiger partial charge in [0.2, 0.25) is 0 Å². The van der Waals surface area contributed by atoms with Crippen molar-refractivity contribution in [1.82, 2.24) is 9.55 Å². The fourth-order valence-corrected chi connectivity index (χ4v) is 3.86. The standard InChI is InChI=1S/C23H24N4/c24-15-20-8-6-19(7-9-20)14-23-16-25-18-27(23)17-21-10-12-26(13-11-21)22-4-2-1-3-5-22/h1-9,16,18,21H,10-14,17H2. The van der Waals surface area contributed by atoms with Crippen molar-refractivity contribution in [1.29, 1.82) is 5.26 Å². The largest absolute Gasteiger partial charge is 0.372 e. The van der Waals surface area contributed by atoms with E-state index in [1.165, 1.54) is 29.8 Å². The highest BCUT2D eigenvalue weighted by Crippen LogP contribution is 2.24. The lowest BCUT2D eigenvalue weighted by molar-refractivity contribution is 0.353. The molecule has 0 aliphatic carbocycles. The molecule has 0 spiro atoms. The van der Waals surface area contributed by atoms with Crippen LogP contribution in [0.1, 0.15) is 29.7 Å². The van der Waals surface area contributed by atoms with Gasteiger partial charge in [-0.05, 0) is 48.6 Å². The van der Waals surface area contributed by atoms with E-state index in [1.54, 1.807) is 0 Å². The van der Waals surface area contributed by atoms with Crippen molar-refractivity contribution in [2.24, 2.45) is 5.92 Å². The predicted octanol–water partition coefficient (Wildman–Crippen LogP) is 4.26. The number of piperidine rings is 1. The van der Waals surface area contributed by atoms with Crippen LogP contribution in [0.15, 0.2) is 67.1 Å². The van der Waals surface area contributed by atoms with Crippen molar-refractivity contribution in [3.63, 3.8) is 0 Å². The van der Waals surface area contributed by atoms with Gasteiger partial charge in [0, 0.05) is 43.6 Å². The van der Waals surface area contributed by atoms with E-state index in [9.17, 15) is 0 Å². The van der Waals surface area contributed by atoms with Gasteiger partial charge in [-0.2, -0.15) is 5.26 Å². The molecule has 0 bridgehead atoms. The number of hydrogen-bond donors (Lipinski definition) is 0. The Morgan fingerprint density at radius 3 is 2.44 bits per heavy atom.